The summed E-state index contributed by atoms with van der Waals surface area (Å²) in [4.78, 5) is 24.1. The summed E-state index contributed by atoms with van der Waals surface area (Å²) in [6.45, 7) is 5.77. The normalized spacial score (nSPS) is 11.3. The lowest BCUT2D eigenvalue weighted by Gasteiger charge is -2.10. The number of carbonyl (C=O) groups is 1. The van der Waals surface area contributed by atoms with Crippen molar-refractivity contribution in [3.05, 3.63) is 82.9 Å². The molecule has 2 aromatic heterocycles. The van der Waals surface area contributed by atoms with Gasteiger partial charge < -0.3 is 10.2 Å². The number of rotatable bonds is 8. The first-order valence-corrected chi connectivity index (χ1v) is 11.2. The molecule has 170 valence electrons. The maximum absolute atomic E-state index is 12.6. The Morgan fingerprint density at radius 1 is 1.09 bits per heavy atom. The Morgan fingerprint density at radius 2 is 1.88 bits per heavy atom. The van der Waals surface area contributed by atoms with Crippen LogP contribution in [0.3, 0.4) is 0 Å². The highest BCUT2D eigenvalue weighted by Crippen LogP contribution is 2.23. The van der Waals surface area contributed by atoms with Gasteiger partial charge in [-0.3, -0.25) is 9.78 Å². The highest BCUT2D eigenvalue weighted by atomic mass is 16.1. The van der Waals surface area contributed by atoms with Crippen molar-refractivity contribution in [2.45, 2.75) is 26.7 Å². The molecule has 7 heteroatoms. The molecule has 0 atom stereocenters. The van der Waals surface area contributed by atoms with Crippen molar-refractivity contribution in [2.75, 3.05) is 27.2 Å². The van der Waals surface area contributed by atoms with Crippen molar-refractivity contribution < 1.29 is 4.79 Å². The number of aryl methyl sites for hydroxylation is 2. The number of nitrogens with one attached hydrogen (secondary N) is 1. The minimum absolute atomic E-state index is 0.0838. The third-order valence-electron chi connectivity index (χ3n) is 5.41. The third kappa shape index (κ3) is 5.62. The molecule has 0 spiro atoms. The molecule has 1 N–H and O–H groups in total. The van der Waals surface area contributed by atoms with Gasteiger partial charge in [0.1, 0.15) is 5.69 Å². The molecule has 0 aliphatic rings. The van der Waals surface area contributed by atoms with E-state index in [0.29, 0.717) is 29.9 Å². The van der Waals surface area contributed by atoms with Crippen LogP contribution in [0.5, 0.6) is 0 Å². The summed E-state index contributed by atoms with van der Waals surface area (Å²) < 4.78 is 1.76. The standard InChI is InChI=1S/C26H30N6O/c1-18-13-19(2)15-20(14-18)16-23-29-25-24(27-10-12-32(25)30-23)21-7-5-8-22(17-21)26(33)28-9-6-11-31(3)4/h5,7-8,10,12-15,17H,6,9,11,16H2,1-4H3,(H,28,33). The Labute approximate surface area is 194 Å². The second-order valence-corrected chi connectivity index (χ2v) is 8.74. The molecule has 0 saturated carbocycles. The second kappa shape index (κ2) is 9.92. The van der Waals surface area contributed by atoms with Crippen LogP contribution in [0.25, 0.3) is 16.9 Å². The minimum atomic E-state index is -0.0838. The molecule has 0 bridgehead atoms. The van der Waals surface area contributed by atoms with Crippen molar-refractivity contribution in [2.24, 2.45) is 0 Å². The number of nitrogens with zero attached hydrogens (tertiary/aromatic N) is 5. The molecule has 0 aliphatic carbocycles. The molecule has 0 radical (unpaired) electrons. The van der Waals surface area contributed by atoms with Crippen molar-refractivity contribution >= 4 is 11.6 Å². The topological polar surface area (TPSA) is 75.4 Å². The van der Waals surface area contributed by atoms with Crippen LogP contribution in [0.15, 0.2) is 54.9 Å². The molecule has 4 aromatic rings. The van der Waals surface area contributed by atoms with Gasteiger partial charge in [0.2, 0.25) is 0 Å². The summed E-state index contributed by atoms with van der Waals surface area (Å²) in [5.74, 6) is 0.656. The fourth-order valence-corrected chi connectivity index (χ4v) is 4.00. The Hall–Kier alpha value is -3.58. The van der Waals surface area contributed by atoms with Gasteiger partial charge >= 0.3 is 0 Å². The molecule has 1 amide bonds. The van der Waals surface area contributed by atoms with Gasteiger partial charge in [0.25, 0.3) is 5.91 Å². The molecular formula is C26H30N6O. The molecule has 0 saturated heterocycles. The lowest BCUT2D eigenvalue weighted by molar-refractivity contribution is 0.0952. The number of amides is 1. The largest absolute Gasteiger partial charge is 0.352 e. The maximum atomic E-state index is 12.6. The molecule has 0 unspecified atom stereocenters. The molecule has 0 fully saturated rings. The smallest absolute Gasteiger partial charge is 0.251 e. The van der Waals surface area contributed by atoms with E-state index >= 15 is 0 Å². The van der Waals surface area contributed by atoms with E-state index in [1.54, 1.807) is 16.9 Å². The quantitative estimate of drug-likeness (QED) is 0.421. The van der Waals surface area contributed by atoms with Gasteiger partial charge in [-0.15, -0.1) is 0 Å². The van der Waals surface area contributed by atoms with Gasteiger partial charge in [0.15, 0.2) is 11.5 Å². The predicted octanol–water partition coefficient (Wildman–Crippen LogP) is 3.68. The molecule has 2 heterocycles. The second-order valence-electron chi connectivity index (χ2n) is 8.74. The highest BCUT2D eigenvalue weighted by molar-refractivity contribution is 5.95. The van der Waals surface area contributed by atoms with E-state index in [1.165, 1.54) is 16.7 Å². The summed E-state index contributed by atoms with van der Waals surface area (Å²) in [5.41, 5.74) is 6.48. The van der Waals surface area contributed by atoms with Crippen molar-refractivity contribution in [3.63, 3.8) is 0 Å². The van der Waals surface area contributed by atoms with Crippen LogP contribution in [-0.2, 0) is 6.42 Å². The zero-order valence-corrected chi connectivity index (χ0v) is 19.7. The van der Waals surface area contributed by atoms with Crippen molar-refractivity contribution in [3.8, 4) is 11.3 Å². The lowest BCUT2D eigenvalue weighted by atomic mass is 10.0. The van der Waals surface area contributed by atoms with Gasteiger partial charge in [-0.25, -0.2) is 9.50 Å². The Bertz CT molecular complexity index is 1260. The van der Waals surface area contributed by atoms with Crippen molar-refractivity contribution in [1.82, 2.24) is 29.8 Å². The molecule has 7 nitrogen and oxygen atoms in total. The minimum Gasteiger partial charge on any atom is -0.352 e. The van der Waals surface area contributed by atoms with Crippen LogP contribution in [-0.4, -0.2) is 57.6 Å². The fourth-order valence-electron chi connectivity index (χ4n) is 4.00. The first kappa shape index (κ1) is 22.6. The molecule has 4 rings (SSSR count). The zero-order valence-electron chi connectivity index (χ0n) is 19.7. The third-order valence-corrected chi connectivity index (χ3v) is 5.41. The highest BCUT2D eigenvalue weighted by Gasteiger charge is 2.14. The van der Waals surface area contributed by atoms with E-state index in [4.69, 9.17) is 4.98 Å². The summed E-state index contributed by atoms with van der Waals surface area (Å²) >= 11 is 0. The van der Waals surface area contributed by atoms with Crippen LogP contribution in [0.1, 0.15) is 39.3 Å². The van der Waals surface area contributed by atoms with Crippen LogP contribution in [0, 0.1) is 13.8 Å². The average molecular weight is 443 g/mol. The van der Waals surface area contributed by atoms with Crippen LogP contribution < -0.4 is 5.32 Å². The maximum Gasteiger partial charge on any atom is 0.251 e. The van der Waals surface area contributed by atoms with Crippen LogP contribution in [0.2, 0.25) is 0 Å². The average Bonchev–Trinajstić information content (AvgIpc) is 3.18. The predicted molar refractivity (Wildman–Crippen MR) is 130 cm³/mol. The molecular weight excluding hydrogens is 412 g/mol. The van der Waals surface area contributed by atoms with Gasteiger partial charge in [-0.05, 0) is 58.6 Å². The zero-order chi connectivity index (χ0) is 23.4. The Balaban J connectivity index is 1.57. The first-order valence-electron chi connectivity index (χ1n) is 11.2. The van der Waals surface area contributed by atoms with Gasteiger partial charge in [0, 0.05) is 36.5 Å². The fraction of sp³-hybridized carbons (Fsp3) is 0.308. The number of carbonyl (C=O) groups excluding carboxylic acids is 1. The number of benzene rings is 2. The first-order chi connectivity index (χ1) is 15.9. The number of hydrogen-bond acceptors (Lipinski definition) is 5. The molecule has 0 aliphatic heterocycles. The van der Waals surface area contributed by atoms with Gasteiger partial charge in [-0.1, -0.05) is 41.5 Å². The monoisotopic (exact) mass is 442 g/mol. The van der Waals surface area contributed by atoms with Gasteiger partial charge in [0.05, 0.1) is 0 Å². The SMILES string of the molecule is Cc1cc(C)cc(Cc2nc3c(-c4cccc(C(=O)NCCCN(C)C)c4)nccn3n2)c1. The van der Waals surface area contributed by atoms with Gasteiger partial charge in [-0.2, -0.15) is 5.10 Å². The lowest BCUT2D eigenvalue weighted by Crippen LogP contribution is -2.27. The summed E-state index contributed by atoms with van der Waals surface area (Å²) in [6.07, 6.45) is 5.07. The molecule has 2 aromatic carbocycles. The van der Waals surface area contributed by atoms with Crippen LogP contribution in [0.4, 0.5) is 0 Å². The number of fused-ring (bicyclic) bond motifs is 1. The number of aromatic nitrogens is 4. The van der Waals surface area contributed by atoms with E-state index in [9.17, 15) is 4.79 Å². The van der Waals surface area contributed by atoms with E-state index in [1.807, 2.05) is 38.4 Å². The molecule has 33 heavy (non-hydrogen) atoms. The Morgan fingerprint density at radius 3 is 2.64 bits per heavy atom. The van der Waals surface area contributed by atoms with Crippen molar-refractivity contribution in [1.29, 1.82) is 0 Å². The van der Waals surface area contributed by atoms with E-state index < -0.39 is 0 Å². The summed E-state index contributed by atoms with van der Waals surface area (Å²) in [6, 6.07) is 14.0. The summed E-state index contributed by atoms with van der Waals surface area (Å²) in [5, 5.41) is 7.65. The Kier molecular flexibility index (Phi) is 6.79. The summed E-state index contributed by atoms with van der Waals surface area (Å²) in [7, 11) is 4.05. The van der Waals surface area contributed by atoms with Crippen LogP contribution >= 0.6 is 0 Å². The van der Waals surface area contributed by atoms with E-state index in [0.717, 1.165) is 24.4 Å². The van der Waals surface area contributed by atoms with E-state index in [-0.39, 0.29) is 5.91 Å². The number of hydrogen-bond donors (Lipinski definition) is 1. The van der Waals surface area contributed by atoms with E-state index in [2.05, 4.69) is 52.3 Å².